The Bertz CT molecular complexity index is 980. The quantitative estimate of drug-likeness (QED) is 0.545. The van der Waals surface area contributed by atoms with Gasteiger partial charge < -0.3 is 19.5 Å². The van der Waals surface area contributed by atoms with E-state index < -0.39 is 0 Å². The van der Waals surface area contributed by atoms with Crippen molar-refractivity contribution in [1.82, 2.24) is 4.98 Å². The first-order valence-corrected chi connectivity index (χ1v) is 9.87. The Morgan fingerprint density at radius 3 is 2.38 bits per heavy atom. The summed E-state index contributed by atoms with van der Waals surface area (Å²) in [5.41, 5.74) is 2.14. The molecule has 0 spiro atoms. The first-order chi connectivity index (χ1) is 14.1. The normalized spacial score (nSPS) is 10.3. The molecule has 6 nitrogen and oxygen atoms in total. The molecular formula is C22H22N2O4S. The Kier molecular flexibility index (Phi) is 6.97. The number of ether oxygens (including phenoxy) is 3. The molecule has 0 unspecified atom stereocenters. The van der Waals surface area contributed by atoms with Crippen molar-refractivity contribution in [2.24, 2.45) is 0 Å². The summed E-state index contributed by atoms with van der Waals surface area (Å²) >= 11 is 1.64. The van der Waals surface area contributed by atoms with Crippen molar-refractivity contribution < 1.29 is 19.0 Å². The number of anilines is 1. The highest BCUT2D eigenvalue weighted by Gasteiger charge is 2.18. The van der Waals surface area contributed by atoms with Gasteiger partial charge in [-0.25, -0.2) is 4.98 Å². The highest BCUT2D eigenvalue weighted by atomic mass is 32.2. The molecule has 0 bridgehead atoms. The lowest BCUT2D eigenvalue weighted by Crippen LogP contribution is -2.13. The zero-order valence-corrected chi connectivity index (χ0v) is 17.3. The molecule has 0 saturated carbocycles. The van der Waals surface area contributed by atoms with Gasteiger partial charge in [0, 0.05) is 29.8 Å². The van der Waals surface area contributed by atoms with Crippen LogP contribution < -0.4 is 19.5 Å². The lowest BCUT2D eigenvalue weighted by molar-refractivity contribution is 0.102. The first kappa shape index (κ1) is 20.5. The predicted octanol–water partition coefficient (Wildman–Crippen LogP) is 4.65. The molecule has 0 radical (unpaired) electrons. The molecular weight excluding hydrogens is 388 g/mol. The molecule has 0 atom stereocenters. The molecule has 2 aromatic carbocycles. The molecule has 0 aliphatic rings. The summed E-state index contributed by atoms with van der Waals surface area (Å²) in [5.74, 6) is 1.81. The topological polar surface area (TPSA) is 69.7 Å². The smallest absolute Gasteiger partial charge is 0.259 e. The molecule has 3 aromatic rings. The third kappa shape index (κ3) is 5.20. The minimum Gasteiger partial charge on any atom is -0.496 e. The molecule has 0 saturated heterocycles. The van der Waals surface area contributed by atoms with Crippen LogP contribution in [0.1, 0.15) is 15.9 Å². The second-order valence-corrected chi connectivity index (χ2v) is 7.01. The maximum absolute atomic E-state index is 12.8. The van der Waals surface area contributed by atoms with E-state index in [4.69, 9.17) is 14.2 Å². The number of nitrogens with zero attached hydrogens (tertiary/aromatic N) is 1. The van der Waals surface area contributed by atoms with E-state index in [0.29, 0.717) is 28.5 Å². The highest BCUT2D eigenvalue weighted by molar-refractivity contribution is 7.98. The molecule has 0 aliphatic heterocycles. The molecule has 150 valence electrons. The van der Waals surface area contributed by atoms with Gasteiger partial charge in [-0.15, -0.1) is 11.8 Å². The van der Waals surface area contributed by atoms with E-state index in [-0.39, 0.29) is 5.91 Å². The SMILES string of the molecule is COc1cc(OC)c(C(=O)Nc2cccc(CSc3ccccn3)c2)cc1OC. The van der Waals surface area contributed by atoms with E-state index in [0.717, 1.165) is 16.3 Å². The van der Waals surface area contributed by atoms with E-state index in [1.807, 2.05) is 42.5 Å². The number of benzene rings is 2. The number of carbonyl (C=O) groups excluding carboxylic acids is 1. The third-order valence-electron chi connectivity index (χ3n) is 4.16. The van der Waals surface area contributed by atoms with Crippen LogP contribution in [-0.2, 0) is 5.75 Å². The molecule has 0 aliphatic carbocycles. The summed E-state index contributed by atoms with van der Waals surface area (Å²) in [7, 11) is 4.56. The number of aromatic nitrogens is 1. The largest absolute Gasteiger partial charge is 0.496 e. The Balaban J connectivity index is 1.75. The van der Waals surface area contributed by atoms with E-state index >= 15 is 0 Å². The van der Waals surface area contributed by atoms with Crippen molar-refractivity contribution in [3.8, 4) is 17.2 Å². The molecule has 29 heavy (non-hydrogen) atoms. The van der Waals surface area contributed by atoms with Crippen LogP contribution in [0.4, 0.5) is 5.69 Å². The number of pyridine rings is 1. The third-order valence-corrected chi connectivity index (χ3v) is 5.17. The van der Waals surface area contributed by atoms with Crippen molar-refractivity contribution in [3.63, 3.8) is 0 Å². The molecule has 1 N–H and O–H groups in total. The van der Waals surface area contributed by atoms with Gasteiger partial charge in [0.2, 0.25) is 0 Å². The number of amides is 1. The summed E-state index contributed by atoms with van der Waals surface area (Å²) in [6.07, 6.45) is 1.77. The standard InChI is InChI=1S/C22H22N2O4S/c1-26-18-13-20(28-3)19(27-2)12-17(18)22(25)24-16-8-6-7-15(11-16)14-29-21-9-4-5-10-23-21/h4-13H,14H2,1-3H3,(H,24,25). The molecule has 1 amide bonds. The Morgan fingerprint density at radius 2 is 1.69 bits per heavy atom. The number of hydrogen-bond donors (Lipinski definition) is 1. The van der Waals surface area contributed by atoms with Crippen LogP contribution in [0.15, 0.2) is 65.8 Å². The average molecular weight is 410 g/mol. The molecule has 0 fully saturated rings. The fourth-order valence-corrected chi connectivity index (χ4v) is 3.54. The van der Waals surface area contributed by atoms with E-state index in [9.17, 15) is 4.79 Å². The van der Waals surface area contributed by atoms with Crippen LogP contribution in [0, 0.1) is 0 Å². The number of methoxy groups -OCH3 is 3. The maximum atomic E-state index is 12.8. The van der Waals surface area contributed by atoms with Crippen molar-refractivity contribution in [2.45, 2.75) is 10.8 Å². The Hall–Kier alpha value is -3.19. The van der Waals surface area contributed by atoms with E-state index in [1.54, 1.807) is 30.1 Å². The lowest BCUT2D eigenvalue weighted by Gasteiger charge is -2.14. The van der Waals surface area contributed by atoms with Crippen LogP contribution in [0.2, 0.25) is 0 Å². The van der Waals surface area contributed by atoms with Gasteiger partial charge >= 0.3 is 0 Å². The summed E-state index contributed by atoms with van der Waals surface area (Å²) in [6.45, 7) is 0. The van der Waals surface area contributed by atoms with Crippen LogP contribution >= 0.6 is 11.8 Å². The summed E-state index contributed by atoms with van der Waals surface area (Å²) in [6, 6.07) is 16.8. The average Bonchev–Trinajstić information content (AvgIpc) is 2.77. The van der Waals surface area contributed by atoms with Gasteiger partial charge in [0.1, 0.15) is 5.75 Å². The van der Waals surface area contributed by atoms with Gasteiger partial charge in [0.15, 0.2) is 11.5 Å². The highest BCUT2D eigenvalue weighted by Crippen LogP contribution is 2.35. The van der Waals surface area contributed by atoms with Crippen molar-refractivity contribution in [1.29, 1.82) is 0 Å². The summed E-state index contributed by atoms with van der Waals surface area (Å²) in [4.78, 5) is 17.2. The zero-order chi connectivity index (χ0) is 20.6. The molecule has 1 heterocycles. The fraction of sp³-hybridized carbons (Fsp3) is 0.182. The molecule has 1 aromatic heterocycles. The second-order valence-electron chi connectivity index (χ2n) is 6.02. The van der Waals surface area contributed by atoms with Crippen molar-refractivity contribution in [3.05, 3.63) is 71.9 Å². The van der Waals surface area contributed by atoms with Crippen LogP contribution in [0.5, 0.6) is 17.2 Å². The van der Waals surface area contributed by atoms with E-state index in [1.165, 1.54) is 21.3 Å². The van der Waals surface area contributed by atoms with Crippen LogP contribution in [-0.4, -0.2) is 32.2 Å². The number of nitrogens with one attached hydrogen (secondary N) is 1. The Labute approximate surface area is 174 Å². The van der Waals surface area contributed by atoms with Gasteiger partial charge in [-0.1, -0.05) is 18.2 Å². The zero-order valence-electron chi connectivity index (χ0n) is 16.5. The Morgan fingerprint density at radius 1 is 0.931 bits per heavy atom. The van der Waals surface area contributed by atoms with Crippen molar-refractivity contribution >= 4 is 23.4 Å². The second kappa shape index (κ2) is 9.84. The van der Waals surface area contributed by atoms with Crippen molar-refractivity contribution in [2.75, 3.05) is 26.6 Å². The minimum atomic E-state index is -0.294. The monoisotopic (exact) mass is 410 g/mol. The van der Waals surface area contributed by atoms with Gasteiger partial charge in [0.25, 0.3) is 5.91 Å². The lowest BCUT2D eigenvalue weighted by atomic mass is 10.1. The van der Waals surface area contributed by atoms with Gasteiger partial charge in [-0.2, -0.15) is 0 Å². The van der Waals surface area contributed by atoms with Gasteiger partial charge in [0.05, 0.1) is 31.9 Å². The van der Waals surface area contributed by atoms with Crippen LogP contribution in [0.25, 0.3) is 0 Å². The number of hydrogen-bond acceptors (Lipinski definition) is 6. The number of thioether (sulfide) groups is 1. The van der Waals surface area contributed by atoms with E-state index in [2.05, 4.69) is 10.3 Å². The summed E-state index contributed by atoms with van der Waals surface area (Å²) < 4.78 is 15.9. The fourth-order valence-electron chi connectivity index (χ4n) is 2.73. The predicted molar refractivity (Wildman–Crippen MR) is 114 cm³/mol. The van der Waals surface area contributed by atoms with Gasteiger partial charge in [-0.3, -0.25) is 4.79 Å². The number of rotatable bonds is 8. The summed E-state index contributed by atoms with van der Waals surface area (Å²) in [5, 5.41) is 3.88. The molecule has 3 rings (SSSR count). The van der Waals surface area contributed by atoms with Crippen LogP contribution in [0.3, 0.4) is 0 Å². The minimum absolute atomic E-state index is 0.294. The maximum Gasteiger partial charge on any atom is 0.259 e. The van der Waals surface area contributed by atoms with Gasteiger partial charge in [-0.05, 0) is 29.8 Å². The number of carbonyl (C=O) groups is 1. The first-order valence-electron chi connectivity index (χ1n) is 8.88. The molecule has 7 heteroatoms.